The number of benzene rings is 1. The lowest BCUT2D eigenvalue weighted by atomic mass is 9.88. The second kappa shape index (κ2) is 7.78. The molecule has 28 heavy (non-hydrogen) atoms. The molecular formula is C21H23ClN4O2. The normalized spacial score (nSPS) is 21.6. The smallest absolute Gasteiger partial charge is 0.270 e. The van der Waals surface area contributed by atoms with Crippen LogP contribution in [0.3, 0.4) is 0 Å². The molecule has 1 aliphatic rings. The first-order valence-electron chi connectivity index (χ1n) is 9.22. The number of rotatable bonds is 4. The molecule has 2 N–H and O–H groups in total. The van der Waals surface area contributed by atoms with Crippen molar-refractivity contribution >= 4 is 23.2 Å². The van der Waals surface area contributed by atoms with Crippen molar-refractivity contribution in [3.8, 4) is 6.07 Å². The quantitative estimate of drug-likeness (QED) is 0.825. The molecule has 0 radical (unpaired) electrons. The van der Waals surface area contributed by atoms with Crippen molar-refractivity contribution in [3.05, 3.63) is 58.4 Å². The van der Waals surface area contributed by atoms with Crippen LogP contribution in [-0.4, -0.2) is 34.6 Å². The molecule has 1 saturated heterocycles. The standard InChI is InChI=1S/C21H23ClN4O2/c1-13(2)25-20(27)19-7-5-16(12-24-19)21(28)8-9-26(14(21)3)17-6-4-15(11-23)18(22)10-17/h4-7,10,12-14,28H,8-9H2,1-3H3,(H,25,27)/t14-,21-/m0/s1. The van der Waals surface area contributed by atoms with Gasteiger partial charge in [-0.1, -0.05) is 17.7 Å². The van der Waals surface area contributed by atoms with E-state index in [1.165, 1.54) is 0 Å². The van der Waals surface area contributed by atoms with Gasteiger partial charge < -0.3 is 15.3 Å². The van der Waals surface area contributed by atoms with Gasteiger partial charge in [0.2, 0.25) is 0 Å². The maximum atomic E-state index is 12.1. The van der Waals surface area contributed by atoms with Crippen LogP contribution in [-0.2, 0) is 5.60 Å². The third-order valence-electron chi connectivity index (χ3n) is 5.21. The number of nitrogens with zero attached hydrogens (tertiary/aromatic N) is 3. The number of halogens is 1. The van der Waals surface area contributed by atoms with Gasteiger partial charge in [0.25, 0.3) is 5.91 Å². The molecule has 3 rings (SSSR count). The van der Waals surface area contributed by atoms with Crippen LogP contribution in [0.1, 0.15) is 48.8 Å². The Morgan fingerprint density at radius 3 is 2.75 bits per heavy atom. The topological polar surface area (TPSA) is 89.2 Å². The van der Waals surface area contributed by atoms with E-state index >= 15 is 0 Å². The fraction of sp³-hybridized carbons (Fsp3) is 0.381. The van der Waals surface area contributed by atoms with Crippen LogP contribution in [0.2, 0.25) is 5.02 Å². The summed E-state index contributed by atoms with van der Waals surface area (Å²) in [6, 6.07) is 10.5. The molecule has 2 atom stereocenters. The Balaban J connectivity index is 1.82. The summed E-state index contributed by atoms with van der Waals surface area (Å²) in [7, 11) is 0. The highest BCUT2D eigenvalue weighted by atomic mass is 35.5. The number of nitrogens with one attached hydrogen (secondary N) is 1. The third kappa shape index (κ3) is 3.68. The minimum Gasteiger partial charge on any atom is -0.383 e. The Kier molecular flexibility index (Phi) is 5.59. The largest absolute Gasteiger partial charge is 0.383 e. The van der Waals surface area contributed by atoms with E-state index in [2.05, 4.69) is 21.3 Å². The highest BCUT2D eigenvalue weighted by molar-refractivity contribution is 6.32. The van der Waals surface area contributed by atoms with Crippen molar-refractivity contribution in [2.75, 3.05) is 11.4 Å². The zero-order chi connectivity index (χ0) is 20.5. The van der Waals surface area contributed by atoms with Crippen molar-refractivity contribution in [2.45, 2.75) is 44.9 Å². The molecule has 6 nitrogen and oxygen atoms in total. The third-order valence-corrected chi connectivity index (χ3v) is 5.53. The predicted octanol–water partition coefficient (Wildman–Crippen LogP) is 3.23. The van der Waals surface area contributed by atoms with E-state index in [0.29, 0.717) is 34.8 Å². The molecule has 0 spiro atoms. The van der Waals surface area contributed by atoms with Gasteiger partial charge in [0, 0.05) is 30.0 Å². The van der Waals surface area contributed by atoms with Gasteiger partial charge >= 0.3 is 0 Å². The van der Waals surface area contributed by atoms with Crippen molar-refractivity contribution in [1.82, 2.24) is 10.3 Å². The maximum absolute atomic E-state index is 12.1. The zero-order valence-electron chi connectivity index (χ0n) is 16.1. The summed E-state index contributed by atoms with van der Waals surface area (Å²) in [6.07, 6.45) is 2.09. The molecule has 0 unspecified atom stereocenters. The fourth-order valence-electron chi connectivity index (χ4n) is 3.58. The number of hydrogen-bond acceptors (Lipinski definition) is 5. The lowest BCUT2D eigenvalue weighted by Crippen LogP contribution is -2.40. The van der Waals surface area contributed by atoms with E-state index in [4.69, 9.17) is 16.9 Å². The molecule has 146 valence electrons. The highest BCUT2D eigenvalue weighted by Gasteiger charge is 2.45. The van der Waals surface area contributed by atoms with Crippen molar-refractivity contribution in [3.63, 3.8) is 0 Å². The van der Waals surface area contributed by atoms with Crippen LogP contribution in [0.4, 0.5) is 5.69 Å². The molecule has 2 heterocycles. The summed E-state index contributed by atoms with van der Waals surface area (Å²) in [5, 5.41) is 23.6. The summed E-state index contributed by atoms with van der Waals surface area (Å²) >= 11 is 6.17. The van der Waals surface area contributed by atoms with E-state index in [9.17, 15) is 9.90 Å². The van der Waals surface area contributed by atoms with E-state index in [1.807, 2.05) is 26.8 Å². The number of carbonyl (C=O) groups is 1. The zero-order valence-corrected chi connectivity index (χ0v) is 16.9. The number of carbonyl (C=O) groups excluding carboxylic acids is 1. The van der Waals surface area contributed by atoms with Gasteiger partial charge in [-0.2, -0.15) is 5.26 Å². The molecule has 1 amide bonds. The Morgan fingerprint density at radius 1 is 1.43 bits per heavy atom. The van der Waals surface area contributed by atoms with Crippen LogP contribution in [0.15, 0.2) is 36.5 Å². The maximum Gasteiger partial charge on any atom is 0.270 e. The van der Waals surface area contributed by atoms with Gasteiger partial charge in [-0.15, -0.1) is 0 Å². The van der Waals surface area contributed by atoms with Gasteiger partial charge in [-0.3, -0.25) is 9.78 Å². The van der Waals surface area contributed by atoms with Crippen LogP contribution in [0, 0.1) is 11.3 Å². The number of aromatic nitrogens is 1. The molecule has 1 aromatic heterocycles. The van der Waals surface area contributed by atoms with Crippen LogP contribution in [0.25, 0.3) is 0 Å². The summed E-state index contributed by atoms with van der Waals surface area (Å²) in [4.78, 5) is 18.4. The van der Waals surface area contributed by atoms with Crippen molar-refractivity contribution < 1.29 is 9.90 Å². The fourth-order valence-corrected chi connectivity index (χ4v) is 3.80. The van der Waals surface area contributed by atoms with E-state index in [1.54, 1.807) is 30.5 Å². The molecule has 0 saturated carbocycles. The molecule has 7 heteroatoms. The van der Waals surface area contributed by atoms with Crippen LogP contribution >= 0.6 is 11.6 Å². The predicted molar refractivity (Wildman–Crippen MR) is 108 cm³/mol. The Labute approximate surface area is 169 Å². The van der Waals surface area contributed by atoms with Crippen molar-refractivity contribution in [2.24, 2.45) is 0 Å². The van der Waals surface area contributed by atoms with E-state index < -0.39 is 5.60 Å². The van der Waals surface area contributed by atoms with Crippen LogP contribution < -0.4 is 10.2 Å². The Morgan fingerprint density at radius 2 is 2.18 bits per heavy atom. The van der Waals surface area contributed by atoms with Gasteiger partial charge in [0.05, 0.1) is 16.6 Å². The average molecular weight is 399 g/mol. The molecular weight excluding hydrogens is 376 g/mol. The highest BCUT2D eigenvalue weighted by Crippen LogP contribution is 2.40. The molecule has 1 fully saturated rings. The Bertz CT molecular complexity index is 923. The molecule has 1 aromatic carbocycles. The minimum atomic E-state index is -1.10. The second-order valence-electron chi connectivity index (χ2n) is 7.38. The number of hydrogen-bond donors (Lipinski definition) is 2. The second-order valence-corrected chi connectivity index (χ2v) is 7.79. The minimum absolute atomic E-state index is 0.0285. The monoisotopic (exact) mass is 398 g/mol. The lowest BCUT2D eigenvalue weighted by molar-refractivity contribution is 0.0326. The number of anilines is 1. The SMILES string of the molecule is CC(C)NC(=O)c1ccc([C@]2(O)CCN(c3ccc(C#N)c(Cl)c3)[C@H]2C)cn1. The summed E-state index contributed by atoms with van der Waals surface area (Å²) in [5.74, 6) is -0.234. The van der Waals surface area contributed by atoms with Gasteiger partial charge in [0.1, 0.15) is 17.4 Å². The van der Waals surface area contributed by atoms with Gasteiger partial charge in [-0.05, 0) is 51.5 Å². The first-order valence-corrected chi connectivity index (χ1v) is 9.60. The van der Waals surface area contributed by atoms with E-state index in [-0.39, 0.29) is 18.0 Å². The molecule has 0 aliphatic carbocycles. The molecule has 0 bridgehead atoms. The average Bonchev–Trinajstić information content (AvgIpc) is 2.97. The van der Waals surface area contributed by atoms with Gasteiger partial charge in [-0.25, -0.2) is 0 Å². The first-order chi connectivity index (χ1) is 13.3. The number of pyridine rings is 1. The van der Waals surface area contributed by atoms with Gasteiger partial charge in [0.15, 0.2) is 0 Å². The number of aliphatic hydroxyl groups is 1. The summed E-state index contributed by atoms with van der Waals surface area (Å²) in [6.45, 7) is 6.35. The summed E-state index contributed by atoms with van der Waals surface area (Å²) < 4.78 is 0. The number of amides is 1. The Hall–Kier alpha value is -2.62. The summed E-state index contributed by atoms with van der Waals surface area (Å²) in [5.41, 5.74) is 1.17. The molecule has 2 aromatic rings. The molecule has 1 aliphatic heterocycles. The van der Waals surface area contributed by atoms with E-state index in [0.717, 1.165) is 5.69 Å². The van der Waals surface area contributed by atoms with Crippen molar-refractivity contribution in [1.29, 1.82) is 5.26 Å². The lowest BCUT2D eigenvalue weighted by Gasteiger charge is -2.33. The first kappa shape index (κ1) is 20.1. The van der Waals surface area contributed by atoms with Crippen LogP contribution in [0.5, 0.6) is 0 Å². The number of nitriles is 1.